The maximum Gasteiger partial charge on any atom is 0.164 e. The van der Waals surface area contributed by atoms with Crippen LogP contribution in [0, 0.1) is 13.8 Å². The van der Waals surface area contributed by atoms with Crippen molar-refractivity contribution in [1.82, 2.24) is 0 Å². The standard InChI is InChI=1S/C11H15NO/c1-8-3-4-10(9(2)7-8)11(13)5-6-12/h3-4,7H,5-6,12H2,1-2H3. The molecule has 0 saturated heterocycles. The first kappa shape index (κ1) is 9.93. The fraction of sp³-hybridized carbons (Fsp3) is 0.364. The van der Waals surface area contributed by atoms with Crippen molar-refractivity contribution in [3.05, 3.63) is 34.9 Å². The van der Waals surface area contributed by atoms with Crippen LogP contribution in [0.1, 0.15) is 27.9 Å². The van der Waals surface area contributed by atoms with Gasteiger partial charge in [-0.1, -0.05) is 23.8 Å². The lowest BCUT2D eigenvalue weighted by atomic mass is 10.0. The number of hydrogen-bond acceptors (Lipinski definition) is 2. The van der Waals surface area contributed by atoms with E-state index in [9.17, 15) is 4.79 Å². The normalized spacial score (nSPS) is 10.1. The number of Topliss-reactive ketones (excluding diaryl/α,β-unsaturated/α-hetero) is 1. The van der Waals surface area contributed by atoms with Gasteiger partial charge in [-0.15, -0.1) is 0 Å². The van der Waals surface area contributed by atoms with Crippen LogP contribution in [0.5, 0.6) is 0 Å². The Labute approximate surface area is 78.8 Å². The van der Waals surface area contributed by atoms with Gasteiger partial charge in [-0.25, -0.2) is 0 Å². The smallest absolute Gasteiger partial charge is 0.164 e. The molecule has 0 saturated carbocycles. The van der Waals surface area contributed by atoms with E-state index in [2.05, 4.69) is 0 Å². The summed E-state index contributed by atoms with van der Waals surface area (Å²) in [6, 6.07) is 5.85. The summed E-state index contributed by atoms with van der Waals surface area (Å²) in [6.45, 7) is 4.40. The quantitative estimate of drug-likeness (QED) is 0.716. The highest BCUT2D eigenvalue weighted by Gasteiger charge is 2.06. The lowest BCUT2D eigenvalue weighted by Crippen LogP contribution is -2.09. The van der Waals surface area contributed by atoms with Gasteiger partial charge in [0.05, 0.1) is 0 Å². The molecule has 0 unspecified atom stereocenters. The topological polar surface area (TPSA) is 43.1 Å². The van der Waals surface area contributed by atoms with Crippen LogP contribution in [-0.4, -0.2) is 12.3 Å². The van der Waals surface area contributed by atoms with Crippen molar-refractivity contribution in [2.75, 3.05) is 6.54 Å². The second-order valence-corrected chi connectivity index (χ2v) is 3.28. The molecular weight excluding hydrogens is 162 g/mol. The van der Waals surface area contributed by atoms with Gasteiger partial charge in [0.25, 0.3) is 0 Å². The van der Waals surface area contributed by atoms with Crippen LogP contribution < -0.4 is 5.73 Å². The summed E-state index contributed by atoms with van der Waals surface area (Å²) >= 11 is 0. The van der Waals surface area contributed by atoms with Gasteiger partial charge in [-0.2, -0.15) is 0 Å². The molecule has 2 heteroatoms. The molecule has 1 aromatic rings. The van der Waals surface area contributed by atoms with Gasteiger partial charge in [-0.05, 0) is 26.0 Å². The third-order valence-corrected chi connectivity index (χ3v) is 2.05. The van der Waals surface area contributed by atoms with E-state index in [4.69, 9.17) is 5.73 Å². The first-order valence-corrected chi connectivity index (χ1v) is 4.45. The highest BCUT2D eigenvalue weighted by Crippen LogP contribution is 2.12. The molecule has 0 aromatic heterocycles. The van der Waals surface area contributed by atoms with E-state index in [1.165, 1.54) is 5.56 Å². The Bertz CT molecular complexity index is 318. The van der Waals surface area contributed by atoms with E-state index in [-0.39, 0.29) is 5.78 Å². The molecule has 0 bridgehead atoms. The first-order chi connectivity index (χ1) is 6.15. The number of rotatable bonds is 3. The van der Waals surface area contributed by atoms with Crippen molar-refractivity contribution in [1.29, 1.82) is 0 Å². The predicted octanol–water partition coefficient (Wildman–Crippen LogP) is 1.83. The minimum absolute atomic E-state index is 0.139. The zero-order chi connectivity index (χ0) is 9.84. The second kappa shape index (κ2) is 4.19. The van der Waals surface area contributed by atoms with Crippen LogP contribution in [-0.2, 0) is 0 Å². The van der Waals surface area contributed by atoms with Crippen LogP contribution in [0.2, 0.25) is 0 Å². The summed E-state index contributed by atoms with van der Waals surface area (Å²) < 4.78 is 0. The number of hydrogen-bond donors (Lipinski definition) is 1. The average Bonchev–Trinajstić information content (AvgIpc) is 2.04. The Hall–Kier alpha value is -1.15. The van der Waals surface area contributed by atoms with E-state index < -0.39 is 0 Å². The molecule has 0 heterocycles. The molecule has 0 spiro atoms. The number of carbonyl (C=O) groups is 1. The van der Waals surface area contributed by atoms with Crippen LogP contribution in [0.3, 0.4) is 0 Å². The van der Waals surface area contributed by atoms with Crippen LogP contribution in [0.25, 0.3) is 0 Å². The lowest BCUT2D eigenvalue weighted by molar-refractivity contribution is 0.0985. The molecule has 0 atom stereocenters. The fourth-order valence-corrected chi connectivity index (χ4v) is 1.39. The molecule has 0 amide bonds. The molecule has 0 fully saturated rings. The summed E-state index contributed by atoms with van der Waals surface area (Å²) in [5, 5.41) is 0. The van der Waals surface area contributed by atoms with Gasteiger partial charge < -0.3 is 5.73 Å². The second-order valence-electron chi connectivity index (χ2n) is 3.28. The van der Waals surface area contributed by atoms with Crippen molar-refractivity contribution < 1.29 is 4.79 Å². The Morgan fingerprint density at radius 1 is 1.38 bits per heavy atom. The Kier molecular flexibility index (Phi) is 3.20. The van der Waals surface area contributed by atoms with Gasteiger partial charge in [0.2, 0.25) is 0 Å². The van der Waals surface area contributed by atoms with Crippen LogP contribution >= 0.6 is 0 Å². The molecule has 2 N–H and O–H groups in total. The molecule has 0 aliphatic heterocycles. The zero-order valence-electron chi connectivity index (χ0n) is 8.13. The van der Waals surface area contributed by atoms with Crippen LogP contribution in [0.4, 0.5) is 0 Å². The first-order valence-electron chi connectivity index (χ1n) is 4.45. The number of benzene rings is 1. The van der Waals surface area contributed by atoms with E-state index >= 15 is 0 Å². The monoisotopic (exact) mass is 177 g/mol. The molecule has 1 rings (SSSR count). The van der Waals surface area contributed by atoms with Crippen LogP contribution in [0.15, 0.2) is 18.2 Å². The van der Waals surface area contributed by atoms with Crippen molar-refractivity contribution in [2.45, 2.75) is 20.3 Å². The number of carbonyl (C=O) groups excluding carboxylic acids is 1. The Balaban J connectivity index is 2.95. The third kappa shape index (κ3) is 2.39. The summed E-state index contributed by atoms with van der Waals surface area (Å²) in [5.74, 6) is 0.139. The Morgan fingerprint density at radius 2 is 2.08 bits per heavy atom. The highest BCUT2D eigenvalue weighted by molar-refractivity contribution is 5.97. The van der Waals surface area contributed by atoms with Gasteiger partial charge in [0, 0.05) is 12.0 Å². The third-order valence-electron chi connectivity index (χ3n) is 2.05. The van der Waals surface area contributed by atoms with Gasteiger partial charge in [-0.3, -0.25) is 4.79 Å². The van der Waals surface area contributed by atoms with E-state index in [0.717, 1.165) is 11.1 Å². The largest absolute Gasteiger partial charge is 0.330 e. The summed E-state index contributed by atoms with van der Waals surface area (Å²) in [6.07, 6.45) is 0.434. The van der Waals surface area contributed by atoms with Gasteiger partial charge in [0.1, 0.15) is 0 Å². The highest BCUT2D eigenvalue weighted by atomic mass is 16.1. The number of ketones is 1. The SMILES string of the molecule is Cc1ccc(C(=O)CCN)c(C)c1. The molecule has 0 radical (unpaired) electrons. The molecule has 0 aliphatic rings. The van der Waals surface area contributed by atoms with Crippen molar-refractivity contribution >= 4 is 5.78 Å². The van der Waals surface area contributed by atoms with Gasteiger partial charge in [0.15, 0.2) is 5.78 Å². The average molecular weight is 177 g/mol. The lowest BCUT2D eigenvalue weighted by Gasteiger charge is -2.04. The van der Waals surface area contributed by atoms with Crippen molar-refractivity contribution in [3.63, 3.8) is 0 Å². The molecule has 1 aromatic carbocycles. The maximum absolute atomic E-state index is 11.5. The van der Waals surface area contributed by atoms with Crippen molar-refractivity contribution in [2.24, 2.45) is 5.73 Å². The number of aryl methyl sites for hydroxylation is 2. The minimum atomic E-state index is 0.139. The van der Waals surface area contributed by atoms with Crippen molar-refractivity contribution in [3.8, 4) is 0 Å². The molecule has 13 heavy (non-hydrogen) atoms. The predicted molar refractivity (Wildman–Crippen MR) is 53.9 cm³/mol. The summed E-state index contributed by atoms with van der Waals surface area (Å²) in [7, 11) is 0. The molecular formula is C11H15NO. The Morgan fingerprint density at radius 3 is 2.62 bits per heavy atom. The maximum atomic E-state index is 11.5. The zero-order valence-corrected chi connectivity index (χ0v) is 8.13. The van der Waals surface area contributed by atoms with E-state index in [1.807, 2.05) is 32.0 Å². The summed E-state index contributed by atoms with van der Waals surface area (Å²) in [5.41, 5.74) is 8.35. The fourth-order valence-electron chi connectivity index (χ4n) is 1.39. The summed E-state index contributed by atoms with van der Waals surface area (Å²) in [4.78, 5) is 11.5. The van der Waals surface area contributed by atoms with E-state index in [0.29, 0.717) is 13.0 Å². The minimum Gasteiger partial charge on any atom is -0.330 e. The van der Waals surface area contributed by atoms with Gasteiger partial charge >= 0.3 is 0 Å². The molecule has 2 nitrogen and oxygen atoms in total. The molecule has 70 valence electrons. The van der Waals surface area contributed by atoms with E-state index in [1.54, 1.807) is 0 Å². The molecule has 0 aliphatic carbocycles. The number of nitrogens with two attached hydrogens (primary N) is 1.